The average molecular weight is 292 g/mol. The van der Waals surface area contributed by atoms with Crippen LogP contribution in [-0.2, 0) is 9.53 Å². The molecule has 106 valence electrons. The molecule has 0 radical (unpaired) electrons. The maximum Gasteiger partial charge on any atom is 0.225 e. The summed E-state index contributed by atoms with van der Waals surface area (Å²) in [5.41, 5.74) is 1.85. The smallest absolute Gasteiger partial charge is 0.225 e. The highest BCUT2D eigenvalue weighted by atomic mass is 32.1. The first-order valence-electron chi connectivity index (χ1n) is 6.15. The van der Waals surface area contributed by atoms with Crippen molar-refractivity contribution in [3.8, 4) is 10.6 Å². The van der Waals surface area contributed by atoms with Crippen molar-refractivity contribution in [1.29, 1.82) is 0 Å². The first kappa shape index (κ1) is 14.5. The zero-order chi connectivity index (χ0) is 14.5. The molecule has 2 aromatic heterocycles. The van der Waals surface area contributed by atoms with Gasteiger partial charge in [-0.05, 0) is 19.1 Å². The van der Waals surface area contributed by atoms with Crippen LogP contribution in [0.4, 0.5) is 5.13 Å². The Morgan fingerprint density at radius 3 is 2.80 bits per heavy atom. The predicted molar refractivity (Wildman–Crippen MR) is 77.8 cm³/mol. The van der Waals surface area contributed by atoms with Gasteiger partial charge in [0.15, 0.2) is 5.01 Å². The molecule has 0 N–H and O–H groups in total. The lowest BCUT2D eigenvalue weighted by atomic mass is 10.3. The molecule has 20 heavy (non-hydrogen) atoms. The highest BCUT2D eigenvalue weighted by molar-refractivity contribution is 7.18. The Balaban J connectivity index is 2.22. The van der Waals surface area contributed by atoms with Gasteiger partial charge in [0.1, 0.15) is 0 Å². The molecule has 7 heteroatoms. The molecule has 0 spiro atoms. The summed E-state index contributed by atoms with van der Waals surface area (Å²) in [5.74, 6) is -0.0771. The van der Waals surface area contributed by atoms with Gasteiger partial charge in [0.2, 0.25) is 11.0 Å². The zero-order valence-corrected chi connectivity index (χ0v) is 12.5. The lowest BCUT2D eigenvalue weighted by molar-refractivity contribution is -0.116. The molecule has 0 unspecified atom stereocenters. The van der Waals surface area contributed by atoms with Crippen LogP contribution in [-0.4, -0.2) is 41.3 Å². The second-order valence-corrected chi connectivity index (χ2v) is 5.20. The van der Waals surface area contributed by atoms with E-state index in [9.17, 15) is 4.79 Å². The number of aryl methyl sites for hydroxylation is 1. The SMILES string of the molecule is COCCN(C(C)=O)c1nnc(-c2ccc(C)nc2)s1. The van der Waals surface area contributed by atoms with Crippen molar-refractivity contribution < 1.29 is 9.53 Å². The first-order valence-corrected chi connectivity index (χ1v) is 6.97. The van der Waals surface area contributed by atoms with Crippen LogP contribution in [0.2, 0.25) is 0 Å². The average Bonchev–Trinajstić information content (AvgIpc) is 2.89. The maximum atomic E-state index is 11.6. The minimum absolute atomic E-state index is 0.0771. The number of carbonyl (C=O) groups excluding carboxylic acids is 1. The molecule has 0 saturated heterocycles. The molecule has 0 aliphatic carbocycles. The minimum atomic E-state index is -0.0771. The molecule has 0 fully saturated rings. The number of hydrogen-bond acceptors (Lipinski definition) is 6. The highest BCUT2D eigenvalue weighted by Crippen LogP contribution is 2.28. The van der Waals surface area contributed by atoms with Crippen molar-refractivity contribution in [2.75, 3.05) is 25.2 Å². The van der Waals surface area contributed by atoms with Crippen LogP contribution in [0, 0.1) is 6.92 Å². The standard InChI is InChI=1S/C13H16N4O2S/c1-9-4-5-11(8-14-9)12-15-16-13(20-12)17(10(2)18)6-7-19-3/h4-5,8H,6-7H2,1-3H3. The molecular formula is C13H16N4O2S. The van der Waals surface area contributed by atoms with Crippen molar-refractivity contribution in [3.63, 3.8) is 0 Å². The Bertz CT molecular complexity index is 582. The summed E-state index contributed by atoms with van der Waals surface area (Å²) in [7, 11) is 1.60. The van der Waals surface area contributed by atoms with Gasteiger partial charge in [-0.25, -0.2) is 0 Å². The Morgan fingerprint density at radius 1 is 1.40 bits per heavy atom. The van der Waals surface area contributed by atoms with Crippen molar-refractivity contribution in [3.05, 3.63) is 24.0 Å². The minimum Gasteiger partial charge on any atom is -0.383 e. The summed E-state index contributed by atoms with van der Waals surface area (Å²) in [6.45, 7) is 4.36. The number of pyridine rings is 1. The normalized spacial score (nSPS) is 10.6. The van der Waals surface area contributed by atoms with Gasteiger partial charge in [-0.1, -0.05) is 11.3 Å². The Kier molecular flexibility index (Phi) is 4.75. The fourth-order valence-corrected chi connectivity index (χ4v) is 2.51. The summed E-state index contributed by atoms with van der Waals surface area (Å²) in [6.07, 6.45) is 1.76. The Morgan fingerprint density at radius 2 is 2.20 bits per heavy atom. The number of anilines is 1. The molecule has 2 rings (SSSR count). The van der Waals surface area contributed by atoms with E-state index in [1.807, 2.05) is 19.1 Å². The van der Waals surface area contributed by atoms with Crippen LogP contribution in [0.15, 0.2) is 18.3 Å². The largest absolute Gasteiger partial charge is 0.383 e. The number of ether oxygens (including phenoxy) is 1. The van der Waals surface area contributed by atoms with Crippen LogP contribution in [0.1, 0.15) is 12.6 Å². The maximum absolute atomic E-state index is 11.6. The molecule has 6 nitrogen and oxygen atoms in total. The van der Waals surface area contributed by atoms with Crippen LogP contribution >= 0.6 is 11.3 Å². The van der Waals surface area contributed by atoms with Crippen molar-refractivity contribution in [2.24, 2.45) is 0 Å². The third-order valence-corrected chi connectivity index (χ3v) is 3.70. The molecule has 2 heterocycles. The third-order valence-electron chi connectivity index (χ3n) is 2.70. The highest BCUT2D eigenvalue weighted by Gasteiger charge is 2.17. The molecule has 2 aromatic rings. The van der Waals surface area contributed by atoms with E-state index in [1.165, 1.54) is 18.3 Å². The van der Waals surface area contributed by atoms with E-state index >= 15 is 0 Å². The number of nitrogens with zero attached hydrogens (tertiary/aromatic N) is 4. The fraction of sp³-hybridized carbons (Fsp3) is 0.385. The summed E-state index contributed by atoms with van der Waals surface area (Å²) < 4.78 is 5.00. The molecular weight excluding hydrogens is 276 g/mol. The second kappa shape index (κ2) is 6.53. The van der Waals surface area contributed by atoms with Crippen LogP contribution in [0.3, 0.4) is 0 Å². The van der Waals surface area contributed by atoms with Gasteiger partial charge >= 0.3 is 0 Å². The number of carbonyl (C=O) groups is 1. The van der Waals surface area contributed by atoms with Gasteiger partial charge < -0.3 is 4.74 Å². The first-order chi connectivity index (χ1) is 9.61. The van der Waals surface area contributed by atoms with Gasteiger partial charge in [-0.3, -0.25) is 14.7 Å². The van der Waals surface area contributed by atoms with Crippen LogP contribution < -0.4 is 4.90 Å². The van der Waals surface area contributed by atoms with Crippen LogP contribution in [0.5, 0.6) is 0 Å². The van der Waals surface area contributed by atoms with E-state index < -0.39 is 0 Å². The van der Waals surface area contributed by atoms with Gasteiger partial charge in [-0.15, -0.1) is 10.2 Å². The van der Waals surface area contributed by atoms with E-state index in [2.05, 4.69) is 15.2 Å². The lowest BCUT2D eigenvalue weighted by Crippen LogP contribution is -2.31. The van der Waals surface area contributed by atoms with E-state index in [4.69, 9.17) is 4.74 Å². The molecule has 0 aliphatic rings. The van der Waals surface area contributed by atoms with E-state index in [0.29, 0.717) is 18.3 Å². The lowest BCUT2D eigenvalue weighted by Gasteiger charge is -2.16. The zero-order valence-electron chi connectivity index (χ0n) is 11.7. The molecule has 1 amide bonds. The number of hydrogen-bond donors (Lipinski definition) is 0. The molecule has 0 bridgehead atoms. The summed E-state index contributed by atoms with van der Waals surface area (Å²) in [4.78, 5) is 17.4. The number of aromatic nitrogens is 3. The Hall–Kier alpha value is -1.86. The van der Waals surface area contributed by atoms with Gasteiger partial charge in [0.05, 0.1) is 13.2 Å². The summed E-state index contributed by atoms with van der Waals surface area (Å²) in [5, 5.41) is 9.52. The van der Waals surface area contributed by atoms with Gasteiger partial charge in [-0.2, -0.15) is 0 Å². The second-order valence-electron chi connectivity index (χ2n) is 4.24. The van der Waals surface area contributed by atoms with Crippen molar-refractivity contribution in [1.82, 2.24) is 15.2 Å². The monoisotopic (exact) mass is 292 g/mol. The molecule has 0 saturated carbocycles. The van der Waals surface area contributed by atoms with E-state index in [-0.39, 0.29) is 5.91 Å². The third kappa shape index (κ3) is 3.37. The topological polar surface area (TPSA) is 68.2 Å². The molecule has 0 atom stereocenters. The van der Waals surface area contributed by atoms with E-state index in [0.717, 1.165) is 16.3 Å². The number of amides is 1. The molecule has 0 aliphatic heterocycles. The Labute approximate surface area is 121 Å². The number of rotatable bonds is 5. The van der Waals surface area contributed by atoms with Gasteiger partial charge in [0, 0.05) is 31.5 Å². The number of methoxy groups -OCH3 is 1. The predicted octanol–water partition coefficient (Wildman–Crippen LogP) is 1.91. The van der Waals surface area contributed by atoms with E-state index in [1.54, 1.807) is 18.2 Å². The molecule has 0 aromatic carbocycles. The van der Waals surface area contributed by atoms with Crippen LogP contribution in [0.25, 0.3) is 10.6 Å². The van der Waals surface area contributed by atoms with Crippen molar-refractivity contribution >= 4 is 22.4 Å². The summed E-state index contributed by atoms with van der Waals surface area (Å²) >= 11 is 1.37. The van der Waals surface area contributed by atoms with Crippen molar-refractivity contribution in [2.45, 2.75) is 13.8 Å². The summed E-state index contributed by atoms with van der Waals surface area (Å²) in [6, 6.07) is 3.87. The fourth-order valence-electron chi connectivity index (χ4n) is 1.61. The van der Waals surface area contributed by atoms with Gasteiger partial charge in [0.25, 0.3) is 0 Å². The quantitative estimate of drug-likeness (QED) is 0.842.